The Labute approximate surface area is 103 Å². The zero-order valence-electron chi connectivity index (χ0n) is 11.1. The molecule has 1 rings (SSSR count). The van der Waals surface area contributed by atoms with E-state index in [0.717, 1.165) is 0 Å². The maximum absolute atomic E-state index is 11.8. The first-order chi connectivity index (χ1) is 7.82. The van der Waals surface area contributed by atoms with Crippen molar-refractivity contribution in [1.29, 1.82) is 0 Å². The molecule has 0 aromatic carbocycles. The van der Waals surface area contributed by atoms with Gasteiger partial charge in [-0.1, -0.05) is 5.92 Å². The fourth-order valence-electron chi connectivity index (χ4n) is 1.78. The molecular formula is C13H21NO3. The van der Waals surface area contributed by atoms with Crippen LogP contribution in [-0.4, -0.2) is 42.4 Å². The molecule has 1 heterocycles. The Morgan fingerprint density at radius 1 is 1.35 bits per heavy atom. The highest BCUT2D eigenvalue weighted by atomic mass is 16.6. The van der Waals surface area contributed by atoms with Gasteiger partial charge in [0.15, 0.2) is 0 Å². The molecule has 17 heavy (non-hydrogen) atoms. The SMILES string of the molecule is C#CC1(OC)CCN(C(=O)OC(C)(C)C)CC1. The van der Waals surface area contributed by atoms with Gasteiger partial charge in [-0.25, -0.2) is 4.79 Å². The van der Waals surface area contributed by atoms with Gasteiger partial charge in [-0.3, -0.25) is 0 Å². The van der Waals surface area contributed by atoms with Gasteiger partial charge in [0.05, 0.1) is 0 Å². The number of hydrogen-bond donors (Lipinski definition) is 0. The molecule has 0 bridgehead atoms. The molecule has 0 atom stereocenters. The van der Waals surface area contributed by atoms with Gasteiger partial charge < -0.3 is 14.4 Å². The molecule has 0 spiro atoms. The van der Waals surface area contributed by atoms with Crippen LogP contribution in [-0.2, 0) is 9.47 Å². The maximum Gasteiger partial charge on any atom is 0.410 e. The molecule has 0 saturated carbocycles. The van der Waals surface area contributed by atoms with Crippen LogP contribution in [0.15, 0.2) is 0 Å². The van der Waals surface area contributed by atoms with Crippen molar-refractivity contribution in [3.05, 3.63) is 0 Å². The molecule has 96 valence electrons. The Hall–Kier alpha value is -1.21. The summed E-state index contributed by atoms with van der Waals surface area (Å²) in [6, 6.07) is 0. The molecule has 1 amide bonds. The first-order valence-electron chi connectivity index (χ1n) is 5.83. The summed E-state index contributed by atoms with van der Waals surface area (Å²) in [4.78, 5) is 13.5. The fourth-order valence-corrected chi connectivity index (χ4v) is 1.78. The smallest absolute Gasteiger partial charge is 0.410 e. The van der Waals surface area contributed by atoms with Crippen LogP contribution in [0, 0.1) is 12.3 Å². The van der Waals surface area contributed by atoms with Crippen LogP contribution in [0.25, 0.3) is 0 Å². The van der Waals surface area contributed by atoms with Crippen molar-refractivity contribution in [3.8, 4) is 12.3 Å². The minimum Gasteiger partial charge on any atom is -0.444 e. The predicted molar refractivity (Wildman–Crippen MR) is 65.6 cm³/mol. The Morgan fingerprint density at radius 3 is 2.24 bits per heavy atom. The second-order valence-corrected chi connectivity index (χ2v) is 5.31. The van der Waals surface area contributed by atoms with E-state index in [-0.39, 0.29) is 6.09 Å². The number of terminal acetylenes is 1. The summed E-state index contributed by atoms with van der Waals surface area (Å²) in [5.74, 6) is 2.67. The van der Waals surface area contributed by atoms with E-state index in [1.807, 2.05) is 20.8 Å². The molecule has 0 aliphatic carbocycles. The summed E-state index contributed by atoms with van der Waals surface area (Å²) in [5, 5.41) is 0. The molecule has 0 aromatic heterocycles. The number of rotatable bonds is 1. The summed E-state index contributed by atoms with van der Waals surface area (Å²) >= 11 is 0. The summed E-state index contributed by atoms with van der Waals surface area (Å²) in [7, 11) is 1.61. The maximum atomic E-state index is 11.8. The van der Waals surface area contributed by atoms with Gasteiger partial charge in [-0.05, 0) is 20.8 Å². The molecule has 1 fully saturated rings. The molecule has 1 aliphatic heterocycles. The Balaban J connectivity index is 2.53. The van der Waals surface area contributed by atoms with Crippen LogP contribution in [0.4, 0.5) is 4.79 Å². The van der Waals surface area contributed by atoms with E-state index in [1.54, 1.807) is 12.0 Å². The van der Waals surface area contributed by atoms with Gasteiger partial charge in [0.1, 0.15) is 11.2 Å². The first-order valence-corrected chi connectivity index (χ1v) is 5.83. The van der Waals surface area contributed by atoms with E-state index in [0.29, 0.717) is 25.9 Å². The lowest BCUT2D eigenvalue weighted by Gasteiger charge is -2.37. The number of piperidine rings is 1. The standard InChI is InChI=1S/C13H21NO3/c1-6-13(16-5)7-9-14(10-8-13)11(15)17-12(2,3)4/h1H,7-10H2,2-5H3. The number of ether oxygens (including phenoxy) is 2. The molecule has 0 radical (unpaired) electrons. The van der Waals surface area contributed by atoms with Crippen molar-refractivity contribution >= 4 is 6.09 Å². The van der Waals surface area contributed by atoms with E-state index < -0.39 is 11.2 Å². The average Bonchev–Trinajstić information content (AvgIpc) is 2.27. The lowest BCUT2D eigenvalue weighted by atomic mass is 9.92. The van der Waals surface area contributed by atoms with E-state index >= 15 is 0 Å². The van der Waals surface area contributed by atoms with Gasteiger partial charge in [-0.2, -0.15) is 0 Å². The average molecular weight is 239 g/mol. The minimum absolute atomic E-state index is 0.278. The highest BCUT2D eigenvalue weighted by Crippen LogP contribution is 2.25. The lowest BCUT2D eigenvalue weighted by Crippen LogP contribution is -2.48. The Bertz CT molecular complexity index is 317. The van der Waals surface area contributed by atoms with Crippen molar-refractivity contribution in [2.24, 2.45) is 0 Å². The molecular weight excluding hydrogens is 218 g/mol. The molecule has 4 heteroatoms. The monoisotopic (exact) mass is 239 g/mol. The van der Waals surface area contributed by atoms with E-state index in [9.17, 15) is 4.79 Å². The number of carbonyl (C=O) groups excluding carboxylic acids is 1. The van der Waals surface area contributed by atoms with Gasteiger partial charge >= 0.3 is 6.09 Å². The largest absolute Gasteiger partial charge is 0.444 e. The highest BCUT2D eigenvalue weighted by Gasteiger charge is 2.35. The fraction of sp³-hybridized carbons (Fsp3) is 0.769. The molecule has 4 nitrogen and oxygen atoms in total. The predicted octanol–water partition coefficient (Wildman–Crippen LogP) is 2.04. The van der Waals surface area contributed by atoms with Gasteiger partial charge in [0.2, 0.25) is 0 Å². The Morgan fingerprint density at radius 2 is 1.88 bits per heavy atom. The van der Waals surface area contributed by atoms with Crippen molar-refractivity contribution in [2.75, 3.05) is 20.2 Å². The first kappa shape index (κ1) is 13.9. The third-order valence-corrected chi connectivity index (χ3v) is 2.88. The number of nitrogens with zero attached hydrogens (tertiary/aromatic N) is 1. The summed E-state index contributed by atoms with van der Waals surface area (Å²) in [5.41, 5.74) is -0.975. The topological polar surface area (TPSA) is 38.8 Å². The second kappa shape index (κ2) is 4.97. The van der Waals surface area contributed by atoms with Crippen molar-refractivity contribution in [3.63, 3.8) is 0 Å². The van der Waals surface area contributed by atoms with Gasteiger partial charge in [0, 0.05) is 33.0 Å². The number of methoxy groups -OCH3 is 1. The van der Waals surface area contributed by atoms with Crippen molar-refractivity contribution in [1.82, 2.24) is 4.90 Å². The normalized spacial score (nSPS) is 19.6. The second-order valence-electron chi connectivity index (χ2n) is 5.31. The molecule has 0 N–H and O–H groups in total. The van der Waals surface area contributed by atoms with Crippen LogP contribution >= 0.6 is 0 Å². The van der Waals surface area contributed by atoms with Crippen LogP contribution in [0.5, 0.6) is 0 Å². The molecule has 1 saturated heterocycles. The van der Waals surface area contributed by atoms with Crippen molar-refractivity contribution < 1.29 is 14.3 Å². The molecule has 0 aromatic rings. The van der Waals surface area contributed by atoms with Crippen LogP contribution in [0.3, 0.4) is 0 Å². The van der Waals surface area contributed by atoms with E-state index in [2.05, 4.69) is 5.92 Å². The number of hydrogen-bond acceptors (Lipinski definition) is 3. The van der Waals surface area contributed by atoms with Crippen LogP contribution < -0.4 is 0 Å². The lowest BCUT2D eigenvalue weighted by molar-refractivity contribution is -0.0250. The van der Waals surface area contributed by atoms with E-state index in [4.69, 9.17) is 15.9 Å². The zero-order chi connectivity index (χ0) is 13.1. The van der Waals surface area contributed by atoms with Gasteiger partial charge in [-0.15, -0.1) is 6.42 Å². The number of likely N-dealkylation sites (tertiary alicyclic amines) is 1. The zero-order valence-corrected chi connectivity index (χ0v) is 11.1. The number of carbonyl (C=O) groups is 1. The van der Waals surface area contributed by atoms with Gasteiger partial charge in [0.25, 0.3) is 0 Å². The Kier molecular flexibility index (Phi) is 4.05. The minimum atomic E-state index is -0.515. The third kappa shape index (κ3) is 3.64. The quantitative estimate of drug-likeness (QED) is 0.657. The summed E-state index contributed by atoms with van der Waals surface area (Å²) in [6.45, 7) is 6.72. The third-order valence-electron chi connectivity index (χ3n) is 2.88. The molecule has 1 aliphatic rings. The highest BCUT2D eigenvalue weighted by molar-refractivity contribution is 5.68. The van der Waals surface area contributed by atoms with Crippen LogP contribution in [0.1, 0.15) is 33.6 Å². The number of amides is 1. The van der Waals surface area contributed by atoms with Crippen LogP contribution in [0.2, 0.25) is 0 Å². The van der Waals surface area contributed by atoms with E-state index in [1.165, 1.54) is 0 Å². The molecule has 0 unspecified atom stereocenters. The summed E-state index contributed by atoms with van der Waals surface area (Å²) < 4.78 is 10.6. The van der Waals surface area contributed by atoms with Crippen molar-refractivity contribution in [2.45, 2.75) is 44.8 Å². The summed E-state index contributed by atoms with van der Waals surface area (Å²) in [6.07, 6.45) is 6.49.